The molecule has 2 aromatic rings. The van der Waals surface area contributed by atoms with Gasteiger partial charge in [0, 0.05) is 25.2 Å². The summed E-state index contributed by atoms with van der Waals surface area (Å²) in [5.74, 6) is 1.32. The molecule has 0 bridgehead atoms. The Balaban J connectivity index is 1.76. The van der Waals surface area contributed by atoms with E-state index in [0.29, 0.717) is 5.56 Å². The van der Waals surface area contributed by atoms with Crippen molar-refractivity contribution in [3.05, 3.63) is 59.4 Å². The average molecular weight is 328 g/mol. The van der Waals surface area contributed by atoms with E-state index in [0.717, 1.165) is 49.7 Å². The first-order chi connectivity index (χ1) is 11.8. The number of ether oxygens (including phenoxy) is 2. The molecule has 4 rings (SSSR count). The smallest absolute Gasteiger partial charge is 0.231 e. The maximum Gasteiger partial charge on any atom is 0.231 e. The quantitative estimate of drug-likeness (QED) is 0.939. The molecule has 1 saturated heterocycles. The molecular weight excluding hydrogens is 307 g/mol. The topological polar surface area (TPSA) is 33.7 Å². The molecule has 2 aliphatic heterocycles. The van der Waals surface area contributed by atoms with Crippen LogP contribution in [0.25, 0.3) is 0 Å². The van der Waals surface area contributed by atoms with Gasteiger partial charge in [0.2, 0.25) is 6.79 Å². The second-order valence-corrected chi connectivity index (χ2v) is 6.18. The van der Waals surface area contributed by atoms with E-state index in [1.165, 1.54) is 6.07 Å². The van der Waals surface area contributed by atoms with Crippen LogP contribution in [-0.2, 0) is 0 Å². The Morgan fingerprint density at radius 2 is 1.88 bits per heavy atom. The van der Waals surface area contributed by atoms with Crippen molar-refractivity contribution in [3.63, 3.8) is 0 Å². The molecule has 0 saturated carbocycles. The fourth-order valence-corrected chi connectivity index (χ4v) is 3.49. The largest absolute Gasteiger partial charge is 0.454 e. The number of nitrogens with zero attached hydrogens (tertiary/aromatic N) is 1. The van der Waals surface area contributed by atoms with Gasteiger partial charge in [-0.1, -0.05) is 24.3 Å². The summed E-state index contributed by atoms with van der Waals surface area (Å²) >= 11 is 0. The third kappa shape index (κ3) is 2.97. The average Bonchev–Trinajstić information content (AvgIpc) is 2.91. The summed E-state index contributed by atoms with van der Waals surface area (Å²) in [7, 11) is 0. The number of hydrogen-bond donors (Lipinski definition) is 1. The van der Waals surface area contributed by atoms with E-state index < -0.39 is 0 Å². The van der Waals surface area contributed by atoms with Gasteiger partial charge >= 0.3 is 0 Å². The minimum atomic E-state index is -0.169. The molecule has 4 nitrogen and oxygen atoms in total. The van der Waals surface area contributed by atoms with Crippen molar-refractivity contribution in [2.45, 2.75) is 12.5 Å². The van der Waals surface area contributed by atoms with Crippen molar-refractivity contribution < 1.29 is 13.9 Å². The molecule has 2 aliphatic rings. The van der Waals surface area contributed by atoms with Gasteiger partial charge in [-0.2, -0.15) is 0 Å². The van der Waals surface area contributed by atoms with Crippen LogP contribution in [0.2, 0.25) is 0 Å². The first kappa shape index (κ1) is 15.4. The number of nitrogens with one attached hydrogen (secondary N) is 1. The molecule has 2 heterocycles. The first-order valence-corrected chi connectivity index (χ1v) is 8.42. The molecule has 126 valence electrons. The van der Waals surface area contributed by atoms with E-state index in [4.69, 9.17) is 9.47 Å². The first-order valence-electron chi connectivity index (χ1n) is 8.42. The number of fused-ring (bicyclic) bond motifs is 1. The Kier molecular flexibility index (Phi) is 4.36. The van der Waals surface area contributed by atoms with Crippen LogP contribution < -0.4 is 14.8 Å². The van der Waals surface area contributed by atoms with E-state index in [-0.39, 0.29) is 18.7 Å². The van der Waals surface area contributed by atoms with Crippen molar-refractivity contribution in [2.24, 2.45) is 0 Å². The van der Waals surface area contributed by atoms with Crippen molar-refractivity contribution in [1.29, 1.82) is 0 Å². The van der Waals surface area contributed by atoms with Gasteiger partial charge in [0.25, 0.3) is 0 Å². The molecule has 0 spiro atoms. The molecule has 24 heavy (non-hydrogen) atoms. The zero-order valence-electron chi connectivity index (χ0n) is 13.5. The van der Waals surface area contributed by atoms with E-state index >= 15 is 0 Å². The maximum absolute atomic E-state index is 14.6. The second-order valence-electron chi connectivity index (χ2n) is 6.18. The Labute approximate surface area is 141 Å². The van der Waals surface area contributed by atoms with Gasteiger partial charge in [-0.15, -0.1) is 0 Å². The van der Waals surface area contributed by atoms with E-state index in [1.54, 1.807) is 6.07 Å². The van der Waals surface area contributed by atoms with Gasteiger partial charge in [0.1, 0.15) is 5.82 Å². The van der Waals surface area contributed by atoms with Gasteiger partial charge in [0.15, 0.2) is 11.5 Å². The number of benzene rings is 2. The zero-order valence-corrected chi connectivity index (χ0v) is 13.5. The molecule has 0 amide bonds. The third-order valence-electron chi connectivity index (χ3n) is 4.65. The van der Waals surface area contributed by atoms with Crippen LogP contribution in [0.1, 0.15) is 23.6 Å². The van der Waals surface area contributed by atoms with Gasteiger partial charge in [-0.3, -0.25) is 4.90 Å². The Morgan fingerprint density at radius 1 is 1.00 bits per heavy atom. The molecular formula is C19H21FN2O2. The fourth-order valence-electron chi connectivity index (χ4n) is 3.49. The zero-order chi connectivity index (χ0) is 16.4. The van der Waals surface area contributed by atoms with Crippen LogP contribution in [-0.4, -0.2) is 37.9 Å². The van der Waals surface area contributed by atoms with Crippen LogP contribution in [0.5, 0.6) is 11.5 Å². The number of rotatable bonds is 3. The van der Waals surface area contributed by atoms with Crippen molar-refractivity contribution in [2.75, 3.05) is 33.0 Å². The summed E-state index contributed by atoms with van der Waals surface area (Å²) in [6.07, 6.45) is 1.05. The maximum atomic E-state index is 14.6. The van der Waals surface area contributed by atoms with Crippen molar-refractivity contribution in [1.82, 2.24) is 10.2 Å². The predicted octanol–water partition coefficient (Wildman–Crippen LogP) is 2.94. The molecule has 1 unspecified atom stereocenters. The van der Waals surface area contributed by atoms with Crippen LogP contribution in [0.15, 0.2) is 42.5 Å². The van der Waals surface area contributed by atoms with Gasteiger partial charge in [-0.25, -0.2) is 4.39 Å². The van der Waals surface area contributed by atoms with Gasteiger partial charge in [-0.05, 0) is 36.7 Å². The van der Waals surface area contributed by atoms with E-state index in [2.05, 4.69) is 10.2 Å². The van der Waals surface area contributed by atoms with E-state index in [9.17, 15) is 4.39 Å². The molecule has 0 aromatic heterocycles. The molecule has 1 fully saturated rings. The summed E-state index contributed by atoms with van der Waals surface area (Å²) in [5, 5.41) is 3.41. The lowest BCUT2D eigenvalue weighted by Crippen LogP contribution is -2.33. The molecule has 0 radical (unpaired) electrons. The highest BCUT2D eigenvalue weighted by Crippen LogP contribution is 2.38. The number of hydrogen-bond acceptors (Lipinski definition) is 4. The number of halogens is 1. The monoisotopic (exact) mass is 328 g/mol. The summed E-state index contributed by atoms with van der Waals surface area (Å²) in [4.78, 5) is 2.34. The van der Waals surface area contributed by atoms with E-state index in [1.807, 2.05) is 30.3 Å². The molecule has 2 aromatic carbocycles. The Morgan fingerprint density at radius 3 is 2.79 bits per heavy atom. The lowest BCUT2D eigenvalue weighted by Gasteiger charge is -2.31. The normalized spacial score (nSPS) is 19.0. The summed E-state index contributed by atoms with van der Waals surface area (Å²) in [6, 6.07) is 12.8. The highest BCUT2D eigenvalue weighted by molar-refractivity contribution is 5.47. The van der Waals surface area contributed by atoms with Crippen molar-refractivity contribution in [3.8, 4) is 11.5 Å². The van der Waals surface area contributed by atoms with Crippen molar-refractivity contribution >= 4 is 0 Å². The van der Waals surface area contributed by atoms with Crippen LogP contribution in [0, 0.1) is 5.82 Å². The highest BCUT2D eigenvalue weighted by atomic mass is 19.1. The SMILES string of the molecule is Fc1ccccc1C(c1ccc2c(c1)OCO2)N1CCCNCC1. The predicted molar refractivity (Wildman–Crippen MR) is 89.9 cm³/mol. The minimum absolute atomic E-state index is 0.124. The summed E-state index contributed by atoms with van der Waals surface area (Å²) in [5.41, 5.74) is 1.74. The standard InChI is InChI=1S/C19H21FN2O2/c20-16-5-2-1-4-15(16)19(22-10-3-8-21-9-11-22)14-6-7-17-18(12-14)24-13-23-17/h1-2,4-7,12,19,21H,3,8-11,13H2. The van der Waals surface area contributed by atoms with Gasteiger partial charge in [0.05, 0.1) is 6.04 Å². The van der Waals surface area contributed by atoms with Crippen LogP contribution >= 0.6 is 0 Å². The third-order valence-corrected chi connectivity index (χ3v) is 4.65. The second kappa shape index (κ2) is 6.79. The highest BCUT2D eigenvalue weighted by Gasteiger charge is 2.27. The molecule has 1 N–H and O–H groups in total. The molecule has 5 heteroatoms. The summed E-state index contributed by atoms with van der Waals surface area (Å²) in [6.45, 7) is 3.97. The fraction of sp³-hybridized carbons (Fsp3) is 0.368. The summed E-state index contributed by atoms with van der Waals surface area (Å²) < 4.78 is 25.5. The lowest BCUT2D eigenvalue weighted by molar-refractivity contribution is 0.173. The van der Waals surface area contributed by atoms with Crippen LogP contribution in [0.3, 0.4) is 0 Å². The Bertz CT molecular complexity index is 714. The van der Waals surface area contributed by atoms with Gasteiger partial charge < -0.3 is 14.8 Å². The van der Waals surface area contributed by atoms with Crippen LogP contribution in [0.4, 0.5) is 4.39 Å². The molecule has 1 atom stereocenters. The lowest BCUT2D eigenvalue weighted by atomic mass is 9.96. The Hall–Kier alpha value is -2.11. The molecule has 0 aliphatic carbocycles. The minimum Gasteiger partial charge on any atom is -0.454 e.